The third-order valence-electron chi connectivity index (χ3n) is 2.85. The summed E-state index contributed by atoms with van der Waals surface area (Å²) in [6.45, 7) is 0. The molecule has 1 atom stereocenters. The number of halogens is 1. The molecule has 7 heteroatoms. The minimum atomic E-state index is 0.0119. The number of aromatic nitrogens is 4. The third-order valence-corrected chi connectivity index (χ3v) is 3.09. The van der Waals surface area contributed by atoms with E-state index in [-0.39, 0.29) is 6.04 Å². The van der Waals surface area contributed by atoms with Crippen LogP contribution in [0.15, 0.2) is 18.2 Å². The number of tetrazole rings is 1. The van der Waals surface area contributed by atoms with Gasteiger partial charge in [-0.25, -0.2) is 0 Å². The second-order valence-electron chi connectivity index (χ2n) is 4.13. The first-order valence-electron chi connectivity index (χ1n) is 5.87. The summed E-state index contributed by atoms with van der Waals surface area (Å²) in [6.07, 6.45) is 0.612. The molecular weight excluding hydrogens is 266 g/mol. The molecular formula is C12H16ClN5O. The number of ether oxygens (including phenoxy) is 1. The fourth-order valence-corrected chi connectivity index (χ4v) is 2.11. The average molecular weight is 282 g/mol. The van der Waals surface area contributed by atoms with Crippen LogP contribution in [0.1, 0.15) is 17.4 Å². The average Bonchev–Trinajstić information content (AvgIpc) is 2.81. The van der Waals surface area contributed by atoms with Gasteiger partial charge in [-0.3, -0.25) is 0 Å². The standard InChI is InChI=1S/C12H16ClN5O/c1-14-10(7-12-15-17-18(2)16-12)9-6-8(13)4-5-11(9)19-3/h4-6,10,14H,7H2,1-3H3. The van der Waals surface area contributed by atoms with Crippen molar-refractivity contribution in [1.29, 1.82) is 0 Å². The normalized spacial score (nSPS) is 12.4. The SMILES string of the molecule is CNC(Cc1nnn(C)n1)c1cc(Cl)ccc1OC. The highest BCUT2D eigenvalue weighted by Crippen LogP contribution is 2.29. The van der Waals surface area contributed by atoms with Crippen LogP contribution in [-0.2, 0) is 13.5 Å². The quantitative estimate of drug-likeness (QED) is 0.897. The van der Waals surface area contributed by atoms with Crippen molar-refractivity contribution in [3.05, 3.63) is 34.6 Å². The molecule has 6 nitrogen and oxygen atoms in total. The minimum Gasteiger partial charge on any atom is -0.496 e. The van der Waals surface area contributed by atoms with Crippen molar-refractivity contribution >= 4 is 11.6 Å². The lowest BCUT2D eigenvalue weighted by atomic mass is 10.0. The minimum absolute atomic E-state index is 0.0119. The van der Waals surface area contributed by atoms with Gasteiger partial charge in [-0.1, -0.05) is 11.6 Å². The third kappa shape index (κ3) is 3.21. The molecule has 0 fully saturated rings. The Morgan fingerprint density at radius 2 is 2.26 bits per heavy atom. The van der Waals surface area contributed by atoms with Crippen molar-refractivity contribution in [2.45, 2.75) is 12.5 Å². The summed E-state index contributed by atoms with van der Waals surface area (Å²) in [5, 5.41) is 15.9. The number of hydrogen-bond donors (Lipinski definition) is 1. The lowest BCUT2D eigenvalue weighted by Gasteiger charge is -2.18. The Bertz CT molecular complexity index is 557. The first-order valence-corrected chi connectivity index (χ1v) is 6.25. The van der Waals surface area contributed by atoms with E-state index in [4.69, 9.17) is 16.3 Å². The Labute approximate surface area is 116 Å². The zero-order valence-electron chi connectivity index (χ0n) is 11.1. The van der Waals surface area contributed by atoms with Gasteiger partial charge < -0.3 is 10.1 Å². The van der Waals surface area contributed by atoms with E-state index in [9.17, 15) is 0 Å². The molecule has 0 aliphatic rings. The summed E-state index contributed by atoms with van der Waals surface area (Å²) < 4.78 is 5.37. The van der Waals surface area contributed by atoms with Crippen LogP contribution in [0.25, 0.3) is 0 Å². The highest BCUT2D eigenvalue weighted by atomic mass is 35.5. The predicted molar refractivity (Wildman–Crippen MR) is 72.3 cm³/mol. The van der Waals surface area contributed by atoms with Crippen molar-refractivity contribution in [1.82, 2.24) is 25.5 Å². The van der Waals surface area contributed by atoms with Crippen molar-refractivity contribution in [3.8, 4) is 5.75 Å². The van der Waals surface area contributed by atoms with E-state index in [2.05, 4.69) is 20.7 Å². The lowest BCUT2D eigenvalue weighted by molar-refractivity contribution is 0.400. The van der Waals surface area contributed by atoms with Gasteiger partial charge in [0, 0.05) is 23.0 Å². The van der Waals surface area contributed by atoms with Crippen molar-refractivity contribution in [3.63, 3.8) is 0 Å². The molecule has 0 aliphatic carbocycles. The predicted octanol–water partition coefficient (Wildman–Crippen LogP) is 1.38. The molecule has 1 aromatic heterocycles. The molecule has 0 aliphatic heterocycles. The largest absolute Gasteiger partial charge is 0.496 e. The number of nitrogens with zero attached hydrogens (tertiary/aromatic N) is 4. The molecule has 0 bridgehead atoms. The molecule has 0 amide bonds. The summed E-state index contributed by atoms with van der Waals surface area (Å²) in [5.74, 6) is 1.46. The topological polar surface area (TPSA) is 64.9 Å². The van der Waals surface area contributed by atoms with Crippen LogP contribution in [0, 0.1) is 0 Å². The summed E-state index contributed by atoms with van der Waals surface area (Å²) in [4.78, 5) is 1.44. The van der Waals surface area contributed by atoms with Gasteiger partial charge >= 0.3 is 0 Å². The highest BCUT2D eigenvalue weighted by molar-refractivity contribution is 6.30. The molecule has 1 aromatic carbocycles. The first-order chi connectivity index (χ1) is 9.13. The van der Waals surface area contributed by atoms with Crippen LogP contribution in [-0.4, -0.2) is 34.4 Å². The molecule has 19 heavy (non-hydrogen) atoms. The van der Waals surface area contributed by atoms with Crippen molar-refractivity contribution in [2.24, 2.45) is 7.05 Å². The molecule has 102 valence electrons. The van der Waals surface area contributed by atoms with Crippen LogP contribution in [0.4, 0.5) is 0 Å². The number of hydrogen-bond acceptors (Lipinski definition) is 5. The molecule has 1 unspecified atom stereocenters. The van der Waals surface area contributed by atoms with Crippen LogP contribution < -0.4 is 10.1 Å². The summed E-state index contributed by atoms with van der Waals surface area (Å²) in [6, 6.07) is 5.55. The molecule has 1 N–H and O–H groups in total. The number of likely N-dealkylation sites (N-methyl/N-ethyl adjacent to an activating group) is 1. The van der Waals surface area contributed by atoms with Gasteiger partial charge in [-0.15, -0.1) is 10.2 Å². The van der Waals surface area contributed by atoms with E-state index in [0.717, 1.165) is 11.3 Å². The van der Waals surface area contributed by atoms with Crippen LogP contribution in [0.2, 0.25) is 5.02 Å². The number of methoxy groups -OCH3 is 1. The molecule has 2 rings (SSSR count). The highest BCUT2D eigenvalue weighted by Gasteiger charge is 2.17. The van der Waals surface area contributed by atoms with Gasteiger partial charge in [0.2, 0.25) is 0 Å². The Morgan fingerprint density at radius 3 is 2.84 bits per heavy atom. The molecule has 0 saturated carbocycles. The van der Waals surface area contributed by atoms with Gasteiger partial charge in [-0.05, 0) is 30.5 Å². The second-order valence-corrected chi connectivity index (χ2v) is 4.56. The Kier molecular flexibility index (Phi) is 4.34. The second kappa shape index (κ2) is 5.99. The van der Waals surface area contributed by atoms with Gasteiger partial charge in [-0.2, -0.15) is 4.80 Å². The Morgan fingerprint density at radius 1 is 1.47 bits per heavy atom. The van der Waals surface area contributed by atoms with Gasteiger partial charge in [0.25, 0.3) is 0 Å². The van der Waals surface area contributed by atoms with Crippen LogP contribution >= 0.6 is 11.6 Å². The van der Waals surface area contributed by atoms with E-state index in [1.54, 1.807) is 20.2 Å². The molecule has 0 saturated heterocycles. The maximum Gasteiger partial charge on any atom is 0.176 e. The Hall–Kier alpha value is -1.66. The summed E-state index contributed by atoms with van der Waals surface area (Å²) in [7, 11) is 5.26. The number of rotatable bonds is 5. The van der Waals surface area contributed by atoms with Gasteiger partial charge in [0.1, 0.15) is 5.75 Å². The van der Waals surface area contributed by atoms with Gasteiger partial charge in [0.05, 0.1) is 14.2 Å². The summed E-state index contributed by atoms with van der Waals surface area (Å²) in [5.41, 5.74) is 0.977. The molecule has 2 aromatic rings. The maximum atomic E-state index is 6.05. The van der Waals surface area contributed by atoms with Crippen LogP contribution in [0.3, 0.4) is 0 Å². The fourth-order valence-electron chi connectivity index (χ4n) is 1.93. The fraction of sp³-hybridized carbons (Fsp3) is 0.417. The Balaban J connectivity index is 2.28. The van der Waals surface area contributed by atoms with E-state index in [0.29, 0.717) is 17.3 Å². The molecule has 1 heterocycles. The zero-order valence-corrected chi connectivity index (χ0v) is 11.8. The van der Waals surface area contributed by atoms with Crippen molar-refractivity contribution in [2.75, 3.05) is 14.2 Å². The lowest BCUT2D eigenvalue weighted by Crippen LogP contribution is -2.20. The van der Waals surface area contributed by atoms with Crippen LogP contribution in [0.5, 0.6) is 5.75 Å². The van der Waals surface area contributed by atoms with E-state index >= 15 is 0 Å². The zero-order chi connectivity index (χ0) is 13.8. The molecule has 0 spiro atoms. The van der Waals surface area contributed by atoms with E-state index in [1.807, 2.05) is 19.2 Å². The van der Waals surface area contributed by atoms with Crippen molar-refractivity contribution < 1.29 is 4.74 Å². The number of nitrogens with one attached hydrogen (secondary N) is 1. The van der Waals surface area contributed by atoms with E-state index < -0.39 is 0 Å². The number of aryl methyl sites for hydroxylation is 1. The van der Waals surface area contributed by atoms with Gasteiger partial charge in [0.15, 0.2) is 5.82 Å². The van der Waals surface area contributed by atoms with E-state index in [1.165, 1.54) is 4.80 Å². The number of benzene rings is 1. The monoisotopic (exact) mass is 281 g/mol. The summed E-state index contributed by atoms with van der Waals surface area (Å²) >= 11 is 6.05. The molecule has 0 radical (unpaired) electrons. The smallest absolute Gasteiger partial charge is 0.176 e. The maximum absolute atomic E-state index is 6.05. The first kappa shape index (κ1) is 13.8.